The molecule has 47 heavy (non-hydrogen) atoms. The maximum atomic E-state index is 12.6. The van der Waals surface area contributed by atoms with Crippen LogP contribution in [0, 0.1) is 13.8 Å². The van der Waals surface area contributed by atoms with E-state index in [1.807, 2.05) is 13.1 Å². The maximum Gasteiger partial charge on any atom is 0.310 e. The number of ether oxygens (including phenoxy) is 1. The molecule has 4 rings (SSSR count). The van der Waals surface area contributed by atoms with Crippen molar-refractivity contribution in [3.8, 4) is 0 Å². The van der Waals surface area contributed by atoms with Gasteiger partial charge < -0.3 is 9.30 Å². The molecular formula is C42H56N3O2+. The van der Waals surface area contributed by atoms with Crippen molar-refractivity contribution in [2.75, 3.05) is 20.3 Å². The third kappa shape index (κ3) is 11.7. The lowest BCUT2D eigenvalue weighted by molar-refractivity contribution is -0.940. The molecule has 0 amide bonds. The molecule has 0 radical (unpaired) electrons. The smallest absolute Gasteiger partial charge is 0.310 e. The van der Waals surface area contributed by atoms with E-state index < -0.39 is 0 Å². The van der Waals surface area contributed by atoms with Crippen LogP contribution in [0.25, 0.3) is 10.9 Å². The van der Waals surface area contributed by atoms with Crippen LogP contribution in [0.15, 0.2) is 97.3 Å². The summed E-state index contributed by atoms with van der Waals surface area (Å²) in [6.45, 7) is 9.56. The number of aromatic nitrogens is 2. The van der Waals surface area contributed by atoms with Gasteiger partial charge in [0.1, 0.15) is 6.54 Å². The number of rotatable bonds is 18. The summed E-state index contributed by atoms with van der Waals surface area (Å²) in [5.74, 6) is -0.0903. The van der Waals surface area contributed by atoms with Crippen molar-refractivity contribution in [3.05, 3.63) is 125 Å². The van der Waals surface area contributed by atoms with Gasteiger partial charge in [-0.25, -0.2) is 0 Å². The van der Waals surface area contributed by atoms with Gasteiger partial charge in [-0.2, -0.15) is 0 Å². The lowest BCUT2D eigenvalue weighted by atomic mass is 10.0. The molecule has 0 N–H and O–H groups in total. The lowest BCUT2D eigenvalue weighted by Gasteiger charge is -2.37. The first-order valence-corrected chi connectivity index (χ1v) is 17.6. The molecule has 0 fully saturated rings. The largest absolute Gasteiger partial charge is 0.415 e. The Morgan fingerprint density at radius 2 is 1.60 bits per heavy atom. The van der Waals surface area contributed by atoms with Crippen LogP contribution in [-0.4, -0.2) is 40.3 Å². The van der Waals surface area contributed by atoms with E-state index in [1.165, 1.54) is 33.3 Å². The zero-order valence-electron chi connectivity index (χ0n) is 29.3. The van der Waals surface area contributed by atoms with Gasteiger partial charge in [0.15, 0.2) is 0 Å². The number of aryl methyl sites for hydroxylation is 4. The van der Waals surface area contributed by atoms with Crippen molar-refractivity contribution in [1.82, 2.24) is 9.55 Å². The van der Waals surface area contributed by atoms with E-state index in [0.29, 0.717) is 13.2 Å². The molecule has 0 saturated heterocycles. The summed E-state index contributed by atoms with van der Waals surface area (Å²) in [7, 11) is 2.23. The molecule has 3 aromatic rings. The number of esters is 1. The zero-order chi connectivity index (χ0) is 33.3. The van der Waals surface area contributed by atoms with Crippen molar-refractivity contribution in [3.63, 3.8) is 0 Å². The number of fused-ring (bicyclic) bond motifs is 3. The second-order valence-electron chi connectivity index (χ2n) is 13.2. The fourth-order valence-corrected chi connectivity index (χ4v) is 6.18. The van der Waals surface area contributed by atoms with Gasteiger partial charge >= 0.3 is 5.97 Å². The molecule has 0 bridgehead atoms. The number of benzene rings is 1. The summed E-state index contributed by atoms with van der Waals surface area (Å²) < 4.78 is 9.10. The second kappa shape index (κ2) is 19.0. The van der Waals surface area contributed by atoms with Crippen molar-refractivity contribution < 1.29 is 14.0 Å². The number of allylic oxidation sites excluding steroid dienone is 10. The van der Waals surface area contributed by atoms with E-state index in [2.05, 4.69) is 122 Å². The molecule has 250 valence electrons. The number of pyridine rings is 1. The van der Waals surface area contributed by atoms with Gasteiger partial charge in [-0.1, -0.05) is 85.4 Å². The molecule has 1 unspecified atom stereocenters. The Morgan fingerprint density at radius 1 is 0.915 bits per heavy atom. The standard InChI is InChI=1S/C42H56N3O2/c1-5-6-7-8-9-10-11-12-13-14-15-16-17-18-19-20-21-22-42(46)47-34-45(4)30-28-41-39(33-45)38-31-35(2)23-26-40(38)44(41)29-27-37-25-24-36(3)43-32-37/h6-7,9-10,12-13,15-16,18-19,23-26,31-32H,5,8,11,14,17,20-22,27-30,33-34H2,1-4H3/q+1/b7-6+,10-9+,13-12+,16-15+,19-18+. The Morgan fingerprint density at radius 3 is 2.26 bits per heavy atom. The molecule has 1 aromatic carbocycles. The first-order valence-electron chi connectivity index (χ1n) is 17.6. The number of nitrogens with zero attached hydrogens (tertiary/aromatic N) is 3. The first kappa shape index (κ1) is 35.9. The Hall–Kier alpha value is -3.96. The molecular weight excluding hydrogens is 578 g/mol. The van der Waals surface area contributed by atoms with E-state index in [4.69, 9.17) is 4.74 Å². The molecule has 0 saturated carbocycles. The van der Waals surface area contributed by atoms with Gasteiger partial charge in [-0.15, -0.1) is 0 Å². The number of hydrogen-bond donors (Lipinski definition) is 0. The minimum Gasteiger partial charge on any atom is -0.415 e. The van der Waals surface area contributed by atoms with Crippen LogP contribution in [0.1, 0.15) is 86.4 Å². The summed E-state index contributed by atoms with van der Waals surface area (Å²) in [4.78, 5) is 17.1. The highest BCUT2D eigenvalue weighted by atomic mass is 16.5. The van der Waals surface area contributed by atoms with Crippen molar-refractivity contribution in [2.45, 2.75) is 98.1 Å². The molecule has 0 spiro atoms. The number of carbonyl (C=O) groups is 1. The van der Waals surface area contributed by atoms with Crippen LogP contribution >= 0.6 is 0 Å². The van der Waals surface area contributed by atoms with Crippen LogP contribution in [0.5, 0.6) is 0 Å². The first-order chi connectivity index (χ1) is 22.9. The maximum absolute atomic E-state index is 12.6. The van der Waals surface area contributed by atoms with E-state index in [-0.39, 0.29) is 5.97 Å². The molecule has 3 heterocycles. The van der Waals surface area contributed by atoms with Crippen molar-refractivity contribution in [1.29, 1.82) is 0 Å². The van der Waals surface area contributed by atoms with Gasteiger partial charge in [-0.05, 0) is 89.0 Å². The summed E-state index contributed by atoms with van der Waals surface area (Å²) in [5, 5.41) is 1.34. The predicted octanol–water partition coefficient (Wildman–Crippen LogP) is 9.82. The number of hydrogen-bond acceptors (Lipinski definition) is 3. The molecule has 0 aliphatic carbocycles. The van der Waals surface area contributed by atoms with Gasteiger partial charge in [0.05, 0.1) is 13.6 Å². The third-order valence-corrected chi connectivity index (χ3v) is 8.91. The fourth-order valence-electron chi connectivity index (χ4n) is 6.18. The fraction of sp³-hybridized carbons (Fsp3) is 0.429. The highest BCUT2D eigenvalue weighted by Crippen LogP contribution is 2.34. The number of likely N-dealkylation sites (N-methyl/N-ethyl adjacent to an activating group) is 1. The van der Waals surface area contributed by atoms with Crippen LogP contribution < -0.4 is 0 Å². The average Bonchev–Trinajstić information content (AvgIpc) is 3.36. The van der Waals surface area contributed by atoms with E-state index in [9.17, 15) is 4.79 Å². The lowest BCUT2D eigenvalue weighted by Crippen LogP contribution is -2.49. The molecule has 1 atom stereocenters. The predicted molar refractivity (Wildman–Crippen MR) is 197 cm³/mol. The summed E-state index contributed by atoms with van der Waals surface area (Å²) in [6, 6.07) is 11.1. The average molecular weight is 635 g/mol. The zero-order valence-corrected chi connectivity index (χ0v) is 29.3. The summed E-state index contributed by atoms with van der Waals surface area (Å²) >= 11 is 0. The minimum atomic E-state index is -0.0903. The van der Waals surface area contributed by atoms with Crippen LogP contribution in [0.2, 0.25) is 0 Å². The van der Waals surface area contributed by atoms with Gasteiger partial charge in [0, 0.05) is 53.4 Å². The third-order valence-electron chi connectivity index (χ3n) is 8.91. The van der Waals surface area contributed by atoms with E-state index in [0.717, 1.165) is 87.6 Å². The Labute approximate surface area is 283 Å². The van der Waals surface area contributed by atoms with Gasteiger partial charge in [-0.3, -0.25) is 14.3 Å². The number of unbranched alkanes of at least 4 members (excludes halogenated alkanes) is 1. The molecule has 5 nitrogen and oxygen atoms in total. The molecule has 2 aromatic heterocycles. The Balaban J connectivity index is 1.17. The molecule has 5 heteroatoms. The van der Waals surface area contributed by atoms with E-state index >= 15 is 0 Å². The second-order valence-corrected chi connectivity index (χ2v) is 13.2. The van der Waals surface area contributed by atoms with Crippen LogP contribution in [0.3, 0.4) is 0 Å². The SMILES string of the molecule is CC/C=C/C/C=C/C/C=C/C/C=C/C/C=C/CCCC(=O)OC[N+]1(C)CCc2c(c3cc(C)ccc3n2CCc2ccc(C)nc2)C1. The van der Waals surface area contributed by atoms with Gasteiger partial charge in [0.25, 0.3) is 0 Å². The van der Waals surface area contributed by atoms with Crippen LogP contribution in [0.4, 0.5) is 0 Å². The summed E-state index contributed by atoms with van der Waals surface area (Å²) in [5.41, 5.74) is 7.75. The van der Waals surface area contributed by atoms with Crippen LogP contribution in [-0.2, 0) is 35.5 Å². The number of quaternary nitrogens is 1. The normalized spacial score (nSPS) is 16.9. The minimum absolute atomic E-state index is 0.0903. The Bertz CT molecular complexity index is 1570. The molecule has 1 aliphatic heterocycles. The Kier molecular flexibility index (Phi) is 14.5. The monoisotopic (exact) mass is 634 g/mol. The highest BCUT2D eigenvalue weighted by Gasteiger charge is 2.34. The van der Waals surface area contributed by atoms with E-state index in [1.54, 1.807) is 0 Å². The van der Waals surface area contributed by atoms with Gasteiger partial charge in [0.2, 0.25) is 6.73 Å². The molecule has 1 aliphatic rings. The summed E-state index contributed by atoms with van der Waals surface area (Å²) in [6.07, 6.45) is 33.2. The number of carbonyl (C=O) groups excluding carboxylic acids is 1. The highest BCUT2D eigenvalue weighted by molar-refractivity contribution is 5.86. The topological polar surface area (TPSA) is 44.1 Å². The van der Waals surface area contributed by atoms with Crippen molar-refractivity contribution >= 4 is 16.9 Å². The quantitative estimate of drug-likeness (QED) is 0.0606. The van der Waals surface area contributed by atoms with Crippen molar-refractivity contribution in [2.24, 2.45) is 0 Å².